The van der Waals surface area contributed by atoms with Crippen molar-refractivity contribution >= 4 is 5.96 Å². The van der Waals surface area contributed by atoms with Gasteiger partial charge in [0.25, 0.3) is 0 Å². The molecule has 2 saturated heterocycles. The molecule has 0 spiro atoms. The van der Waals surface area contributed by atoms with Gasteiger partial charge in [-0.25, -0.2) is 0 Å². The molecule has 2 N–H and O–H groups in total. The van der Waals surface area contributed by atoms with Crippen molar-refractivity contribution < 1.29 is 4.74 Å². The van der Waals surface area contributed by atoms with Gasteiger partial charge < -0.3 is 15.4 Å². The molecule has 6 heteroatoms. The van der Waals surface area contributed by atoms with Crippen LogP contribution in [0.4, 0.5) is 0 Å². The van der Waals surface area contributed by atoms with E-state index in [-0.39, 0.29) is 0 Å². The smallest absolute Gasteiger partial charge is 0.191 e. The lowest BCUT2D eigenvalue weighted by Gasteiger charge is -2.27. The summed E-state index contributed by atoms with van der Waals surface area (Å²) in [4.78, 5) is 9.45. The molecule has 6 nitrogen and oxygen atoms in total. The summed E-state index contributed by atoms with van der Waals surface area (Å²) in [5.74, 6) is 0.827. The number of rotatable bonds is 8. The summed E-state index contributed by atoms with van der Waals surface area (Å²) >= 11 is 0. The maximum atomic E-state index is 5.48. The third-order valence-corrected chi connectivity index (χ3v) is 6.62. The molecule has 0 bridgehead atoms. The third-order valence-electron chi connectivity index (χ3n) is 6.62. The molecule has 2 aromatic rings. The number of aliphatic imine (C=N–C) groups is 1. The van der Waals surface area contributed by atoms with Gasteiger partial charge in [0.05, 0.1) is 13.2 Å². The number of likely N-dealkylation sites (tertiary alicyclic amines) is 1. The van der Waals surface area contributed by atoms with Gasteiger partial charge in [0.15, 0.2) is 5.96 Å². The molecule has 178 valence electrons. The van der Waals surface area contributed by atoms with Gasteiger partial charge in [-0.1, -0.05) is 55.0 Å². The van der Waals surface area contributed by atoms with Crippen LogP contribution >= 0.6 is 0 Å². The van der Waals surface area contributed by atoms with Crippen LogP contribution in [0.15, 0.2) is 53.5 Å². The minimum atomic E-state index is 0.759. The van der Waals surface area contributed by atoms with Crippen molar-refractivity contribution in [3.05, 3.63) is 70.8 Å². The fourth-order valence-corrected chi connectivity index (χ4v) is 4.61. The largest absolute Gasteiger partial charge is 0.379 e. The lowest BCUT2D eigenvalue weighted by Crippen LogP contribution is -2.37. The number of benzene rings is 2. The van der Waals surface area contributed by atoms with Crippen molar-refractivity contribution in [3.8, 4) is 0 Å². The fraction of sp³-hybridized carbons (Fsp3) is 0.519. The number of nitrogens with zero attached hydrogens (tertiary/aromatic N) is 3. The van der Waals surface area contributed by atoms with E-state index in [9.17, 15) is 0 Å². The van der Waals surface area contributed by atoms with Gasteiger partial charge in [-0.05, 0) is 48.2 Å². The van der Waals surface area contributed by atoms with Crippen LogP contribution in [-0.2, 0) is 30.9 Å². The molecule has 2 heterocycles. The number of morpholine rings is 1. The van der Waals surface area contributed by atoms with Crippen LogP contribution in [0, 0.1) is 0 Å². The summed E-state index contributed by atoms with van der Waals surface area (Å²) in [6.07, 6.45) is 4.06. The van der Waals surface area contributed by atoms with E-state index in [0.29, 0.717) is 0 Å². The standard InChI is InChI=1S/C27H39N5O/c1-28-27(29-19-23-9-11-24(12-10-23)21-31-13-5-2-6-14-31)30-20-25-7-3-4-8-26(25)22-32-15-17-33-18-16-32/h3-4,7-12H,2,5-6,13-22H2,1H3,(H2,28,29,30). The second kappa shape index (κ2) is 12.7. The Hall–Kier alpha value is -2.41. The summed E-state index contributed by atoms with van der Waals surface area (Å²) in [6, 6.07) is 17.7. The van der Waals surface area contributed by atoms with Gasteiger partial charge in [-0.3, -0.25) is 14.8 Å². The number of ether oxygens (including phenoxy) is 1. The second-order valence-corrected chi connectivity index (χ2v) is 9.09. The van der Waals surface area contributed by atoms with Crippen molar-refractivity contribution in [2.45, 2.75) is 45.4 Å². The molecule has 0 aliphatic carbocycles. The maximum absolute atomic E-state index is 5.48. The molecule has 0 radical (unpaired) electrons. The average Bonchev–Trinajstić information content (AvgIpc) is 2.87. The fourth-order valence-electron chi connectivity index (χ4n) is 4.61. The Morgan fingerprint density at radius 3 is 2.12 bits per heavy atom. The molecule has 0 amide bonds. The topological polar surface area (TPSA) is 52.1 Å². The van der Waals surface area contributed by atoms with Crippen LogP contribution < -0.4 is 10.6 Å². The molecule has 2 aliphatic rings. The molecule has 0 unspecified atom stereocenters. The molecule has 0 aromatic heterocycles. The van der Waals surface area contributed by atoms with Gasteiger partial charge in [-0.2, -0.15) is 0 Å². The van der Waals surface area contributed by atoms with Crippen LogP contribution in [0.1, 0.15) is 41.5 Å². The zero-order valence-corrected chi connectivity index (χ0v) is 20.1. The Bertz CT molecular complexity index is 870. The van der Waals surface area contributed by atoms with Crippen molar-refractivity contribution in [2.24, 2.45) is 4.99 Å². The van der Waals surface area contributed by atoms with E-state index >= 15 is 0 Å². The first-order chi connectivity index (χ1) is 16.3. The van der Waals surface area contributed by atoms with E-state index in [4.69, 9.17) is 4.74 Å². The molecular weight excluding hydrogens is 410 g/mol. The number of piperidine rings is 1. The van der Waals surface area contributed by atoms with E-state index in [1.54, 1.807) is 0 Å². The minimum Gasteiger partial charge on any atom is -0.379 e. The summed E-state index contributed by atoms with van der Waals surface area (Å²) in [5.41, 5.74) is 5.36. The first-order valence-electron chi connectivity index (χ1n) is 12.4. The zero-order valence-electron chi connectivity index (χ0n) is 20.1. The second-order valence-electron chi connectivity index (χ2n) is 9.09. The molecule has 2 aliphatic heterocycles. The molecule has 0 atom stereocenters. The average molecular weight is 450 g/mol. The highest BCUT2D eigenvalue weighted by Crippen LogP contribution is 2.14. The SMILES string of the molecule is CN=C(NCc1ccc(CN2CCCCC2)cc1)NCc1ccccc1CN1CCOCC1. The molecule has 4 rings (SSSR count). The first-order valence-corrected chi connectivity index (χ1v) is 12.4. The normalized spacial score (nSPS) is 18.3. The van der Waals surface area contributed by atoms with Gasteiger partial charge in [0.1, 0.15) is 0 Å². The lowest BCUT2D eigenvalue weighted by molar-refractivity contribution is 0.0341. The van der Waals surface area contributed by atoms with Gasteiger partial charge in [-0.15, -0.1) is 0 Å². The molecular formula is C27H39N5O. The Kier molecular flexibility index (Phi) is 9.16. The Labute approximate surface area is 199 Å². The van der Waals surface area contributed by atoms with Gasteiger partial charge in [0, 0.05) is 46.3 Å². The van der Waals surface area contributed by atoms with E-state index in [1.165, 1.54) is 54.6 Å². The van der Waals surface area contributed by atoms with E-state index < -0.39 is 0 Å². The first kappa shape index (κ1) is 23.7. The van der Waals surface area contributed by atoms with Crippen LogP contribution in [0.25, 0.3) is 0 Å². The highest BCUT2D eigenvalue weighted by atomic mass is 16.5. The van der Waals surface area contributed by atoms with Crippen LogP contribution in [0.2, 0.25) is 0 Å². The lowest BCUT2D eigenvalue weighted by atomic mass is 10.1. The summed E-state index contributed by atoms with van der Waals surface area (Å²) in [7, 11) is 1.83. The van der Waals surface area contributed by atoms with Crippen LogP contribution in [0.3, 0.4) is 0 Å². The molecule has 33 heavy (non-hydrogen) atoms. The monoisotopic (exact) mass is 449 g/mol. The van der Waals surface area contributed by atoms with E-state index in [1.807, 2.05) is 7.05 Å². The van der Waals surface area contributed by atoms with Gasteiger partial charge in [0.2, 0.25) is 0 Å². The highest BCUT2D eigenvalue weighted by molar-refractivity contribution is 5.79. The Balaban J connectivity index is 1.24. The number of nitrogens with one attached hydrogen (secondary N) is 2. The third kappa shape index (κ3) is 7.56. The summed E-state index contributed by atoms with van der Waals surface area (Å²) in [6.45, 7) is 9.70. The van der Waals surface area contributed by atoms with Crippen molar-refractivity contribution in [3.63, 3.8) is 0 Å². The number of hydrogen-bond donors (Lipinski definition) is 2. The maximum Gasteiger partial charge on any atom is 0.191 e. The quantitative estimate of drug-likeness (QED) is 0.478. The zero-order chi connectivity index (χ0) is 22.7. The summed E-state index contributed by atoms with van der Waals surface area (Å²) in [5, 5.41) is 6.95. The minimum absolute atomic E-state index is 0.759. The van der Waals surface area contributed by atoms with E-state index in [0.717, 1.165) is 58.4 Å². The van der Waals surface area contributed by atoms with Crippen molar-refractivity contribution in [1.82, 2.24) is 20.4 Å². The Morgan fingerprint density at radius 2 is 1.39 bits per heavy atom. The van der Waals surface area contributed by atoms with Crippen molar-refractivity contribution in [2.75, 3.05) is 46.4 Å². The van der Waals surface area contributed by atoms with Crippen LogP contribution in [-0.4, -0.2) is 62.2 Å². The number of hydrogen-bond acceptors (Lipinski definition) is 4. The predicted octanol–water partition coefficient (Wildman–Crippen LogP) is 3.37. The van der Waals surface area contributed by atoms with Crippen molar-refractivity contribution in [1.29, 1.82) is 0 Å². The molecule has 2 fully saturated rings. The predicted molar refractivity (Wildman–Crippen MR) is 135 cm³/mol. The Morgan fingerprint density at radius 1 is 0.758 bits per heavy atom. The van der Waals surface area contributed by atoms with Crippen LogP contribution in [0.5, 0.6) is 0 Å². The van der Waals surface area contributed by atoms with E-state index in [2.05, 4.69) is 74.0 Å². The van der Waals surface area contributed by atoms with Gasteiger partial charge >= 0.3 is 0 Å². The highest BCUT2D eigenvalue weighted by Gasteiger charge is 2.13. The molecule has 0 saturated carbocycles. The number of guanidine groups is 1. The molecule has 2 aromatic carbocycles. The summed E-state index contributed by atoms with van der Waals surface area (Å²) < 4.78 is 5.48.